The van der Waals surface area contributed by atoms with Gasteiger partial charge in [0.1, 0.15) is 17.6 Å². The van der Waals surface area contributed by atoms with E-state index in [2.05, 4.69) is 47.1 Å². The van der Waals surface area contributed by atoms with Crippen molar-refractivity contribution < 1.29 is 14.2 Å². The molecule has 174 valence electrons. The summed E-state index contributed by atoms with van der Waals surface area (Å²) < 4.78 is 16.7. The molecule has 1 aromatic heterocycles. The highest BCUT2D eigenvalue weighted by Gasteiger charge is 2.34. The van der Waals surface area contributed by atoms with Gasteiger partial charge in [-0.3, -0.25) is 0 Å². The van der Waals surface area contributed by atoms with E-state index in [1.54, 1.807) is 6.20 Å². The van der Waals surface area contributed by atoms with Crippen molar-refractivity contribution in [1.82, 2.24) is 9.97 Å². The smallest absolute Gasteiger partial charge is 0.137 e. The molecule has 0 saturated carbocycles. The van der Waals surface area contributed by atoms with Gasteiger partial charge in [0.05, 0.1) is 44.3 Å². The molecule has 2 fully saturated rings. The molecule has 2 aromatic carbocycles. The first-order chi connectivity index (χ1) is 16.6. The van der Waals surface area contributed by atoms with Crippen LogP contribution in [0.15, 0.2) is 54.7 Å². The van der Waals surface area contributed by atoms with E-state index in [4.69, 9.17) is 19.2 Å². The van der Waals surface area contributed by atoms with Gasteiger partial charge in [-0.1, -0.05) is 19.1 Å². The van der Waals surface area contributed by atoms with Crippen LogP contribution in [0.1, 0.15) is 23.9 Å². The van der Waals surface area contributed by atoms with Crippen LogP contribution >= 0.6 is 0 Å². The van der Waals surface area contributed by atoms with E-state index in [9.17, 15) is 5.26 Å². The summed E-state index contributed by atoms with van der Waals surface area (Å²) in [6, 6.07) is 18.3. The normalized spacial score (nSPS) is 17.0. The van der Waals surface area contributed by atoms with Crippen LogP contribution in [0.25, 0.3) is 11.3 Å². The monoisotopic (exact) mass is 456 g/mol. The van der Waals surface area contributed by atoms with Crippen molar-refractivity contribution in [3.63, 3.8) is 0 Å². The minimum Gasteiger partial charge on any atom is -0.491 e. The maximum Gasteiger partial charge on any atom is 0.137 e. The summed E-state index contributed by atoms with van der Waals surface area (Å²) in [5.41, 5.74) is 4.55. The lowest BCUT2D eigenvalue weighted by Gasteiger charge is -2.37. The first-order valence-corrected chi connectivity index (χ1v) is 11.6. The number of aromatic nitrogens is 2. The fourth-order valence-electron chi connectivity index (χ4n) is 4.16. The molecule has 34 heavy (non-hydrogen) atoms. The average molecular weight is 457 g/mol. The van der Waals surface area contributed by atoms with Crippen LogP contribution in [0.3, 0.4) is 0 Å². The highest BCUT2D eigenvalue weighted by Crippen LogP contribution is 2.30. The van der Waals surface area contributed by atoms with Crippen molar-refractivity contribution in [2.75, 3.05) is 51.0 Å². The van der Waals surface area contributed by atoms with Crippen molar-refractivity contribution in [3.05, 3.63) is 71.7 Å². The lowest BCUT2D eigenvalue weighted by atomic mass is 9.90. The number of ether oxygens (including phenoxy) is 3. The molecule has 0 aliphatic carbocycles. The molecular weight excluding hydrogens is 428 g/mol. The zero-order chi connectivity index (χ0) is 23.4. The second-order valence-corrected chi connectivity index (χ2v) is 9.22. The maximum absolute atomic E-state index is 9.66. The van der Waals surface area contributed by atoms with Gasteiger partial charge in [-0.15, -0.1) is 0 Å². The fourth-order valence-corrected chi connectivity index (χ4v) is 4.16. The van der Waals surface area contributed by atoms with Crippen LogP contribution in [0.5, 0.6) is 5.75 Å². The van der Waals surface area contributed by atoms with Gasteiger partial charge < -0.3 is 19.1 Å². The predicted molar refractivity (Wildman–Crippen MR) is 129 cm³/mol. The van der Waals surface area contributed by atoms with Gasteiger partial charge >= 0.3 is 0 Å². The Labute approximate surface area is 199 Å². The van der Waals surface area contributed by atoms with Crippen LogP contribution in [0, 0.1) is 16.7 Å². The van der Waals surface area contributed by atoms with Gasteiger partial charge in [-0.2, -0.15) is 5.26 Å². The van der Waals surface area contributed by atoms with Gasteiger partial charge in [0.15, 0.2) is 0 Å². The van der Waals surface area contributed by atoms with Crippen LogP contribution in [-0.4, -0.2) is 56.1 Å². The van der Waals surface area contributed by atoms with Crippen LogP contribution in [0.2, 0.25) is 0 Å². The van der Waals surface area contributed by atoms with Crippen molar-refractivity contribution in [2.24, 2.45) is 5.41 Å². The molecule has 0 unspecified atom stereocenters. The number of anilines is 1. The quantitative estimate of drug-likeness (QED) is 0.534. The number of hydrogen-bond acceptors (Lipinski definition) is 7. The lowest BCUT2D eigenvalue weighted by Crippen LogP contribution is -2.44. The lowest BCUT2D eigenvalue weighted by molar-refractivity contribution is -0.120. The van der Waals surface area contributed by atoms with Crippen molar-refractivity contribution in [3.8, 4) is 23.1 Å². The van der Waals surface area contributed by atoms with Crippen LogP contribution in [-0.2, 0) is 15.9 Å². The predicted octanol–water partition coefficient (Wildman–Crippen LogP) is 3.86. The fraction of sp³-hybridized carbons (Fsp3) is 0.370. The van der Waals surface area contributed by atoms with E-state index in [1.807, 2.05) is 24.3 Å². The molecule has 5 rings (SSSR count). The molecule has 0 amide bonds. The van der Waals surface area contributed by atoms with Crippen molar-refractivity contribution in [2.45, 2.75) is 13.3 Å². The number of hydrogen-bond donors (Lipinski definition) is 0. The van der Waals surface area contributed by atoms with E-state index in [-0.39, 0.29) is 5.41 Å². The van der Waals surface area contributed by atoms with E-state index < -0.39 is 0 Å². The Morgan fingerprint density at radius 3 is 2.56 bits per heavy atom. The molecule has 0 N–H and O–H groups in total. The first-order valence-electron chi connectivity index (χ1n) is 11.6. The summed E-state index contributed by atoms with van der Waals surface area (Å²) in [4.78, 5) is 11.6. The maximum atomic E-state index is 9.66. The largest absolute Gasteiger partial charge is 0.491 e. The summed E-state index contributed by atoms with van der Waals surface area (Å²) in [6.07, 6.45) is 2.41. The second-order valence-electron chi connectivity index (χ2n) is 9.22. The Morgan fingerprint density at radius 1 is 1.06 bits per heavy atom. The van der Waals surface area contributed by atoms with E-state index in [1.165, 1.54) is 5.69 Å². The highest BCUT2D eigenvalue weighted by atomic mass is 16.5. The van der Waals surface area contributed by atoms with Crippen molar-refractivity contribution >= 4 is 5.69 Å². The number of nitriles is 1. The number of benzene rings is 2. The topological polar surface area (TPSA) is 80.5 Å². The Morgan fingerprint density at radius 2 is 1.85 bits per heavy atom. The summed E-state index contributed by atoms with van der Waals surface area (Å²) in [6.45, 7) is 7.42. The minimum absolute atomic E-state index is 0.0212. The summed E-state index contributed by atoms with van der Waals surface area (Å²) >= 11 is 0. The number of rotatable bonds is 7. The van der Waals surface area contributed by atoms with Gasteiger partial charge in [-0.05, 0) is 42.0 Å². The molecule has 2 aliphatic heterocycles. The van der Waals surface area contributed by atoms with Gasteiger partial charge in [0, 0.05) is 42.4 Å². The van der Waals surface area contributed by atoms with Crippen LogP contribution < -0.4 is 9.64 Å². The summed E-state index contributed by atoms with van der Waals surface area (Å²) in [5, 5.41) is 9.66. The van der Waals surface area contributed by atoms with Gasteiger partial charge in [0.25, 0.3) is 0 Å². The third-order valence-corrected chi connectivity index (χ3v) is 6.25. The van der Waals surface area contributed by atoms with Gasteiger partial charge in [-0.25, -0.2) is 9.97 Å². The molecule has 2 aliphatic rings. The van der Waals surface area contributed by atoms with E-state index >= 15 is 0 Å². The molecule has 3 heterocycles. The molecule has 7 heteroatoms. The molecule has 0 atom stereocenters. The first kappa shape index (κ1) is 22.3. The molecule has 7 nitrogen and oxygen atoms in total. The third-order valence-electron chi connectivity index (χ3n) is 6.25. The standard InChI is InChI=1S/C27H28N4O3/c1-27(17-33-18-27)19-34-25-7-4-21(15-22(25)16-28)24-8-9-29-26(30-24)14-20-2-5-23(6-3-20)31-10-12-32-13-11-31/h2-9,15H,10-14,17-19H2,1H3. The molecule has 0 bridgehead atoms. The zero-order valence-corrected chi connectivity index (χ0v) is 19.4. The zero-order valence-electron chi connectivity index (χ0n) is 19.4. The van der Waals surface area contributed by atoms with Crippen molar-refractivity contribution in [1.29, 1.82) is 5.26 Å². The van der Waals surface area contributed by atoms with E-state index in [0.717, 1.165) is 48.9 Å². The Bertz CT molecular complexity index is 1180. The van der Waals surface area contributed by atoms with E-state index in [0.29, 0.717) is 37.6 Å². The Hall–Kier alpha value is -3.47. The molecule has 0 spiro atoms. The Kier molecular flexibility index (Phi) is 6.43. The highest BCUT2D eigenvalue weighted by molar-refractivity contribution is 5.64. The molecule has 0 radical (unpaired) electrons. The third kappa shape index (κ3) is 5.04. The Balaban J connectivity index is 1.28. The number of morpholine rings is 1. The average Bonchev–Trinajstić information content (AvgIpc) is 2.87. The summed E-state index contributed by atoms with van der Waals surface area (Å²) in [5.74, 6) is 1.34. The summed E-state index contributed by atoms with van der Waals surface area (Å²) in [7, 11) is 0. The number of nitrogens with zero attached hydrogens (tertiary/aromatic N) is 4. The molecule has 3 aromatic rings. The van der Waals surface area contributed by atoms with Crippen LogP contribution in [0.4, 0.5) is 5.69 Å². The van der Waals surface area contributed by atoms with Gasteiger partial charge in [0.2, 0.25) is 0 Å². The second kappa shape index (κ2) is 9.80. The molecule has 2 saturated heterocycles. The molecular formula is C27H28N4O3. The SMILES string of the molecule is CC1(COc2ccc(-c3ccnc(Cc4ccc(N5CCOCC5)cc4)n3)cc2C#N)COC1. The minimum atomic E-state index is 0.0212.